The number of anilines is 2. The van der Waals surface area contributed by atoms with Gasteiger partial charge in [-0.05, 0) is 67.4 Å². The first-order valence-electron chi connectivity index (χ1n) is 12.3. The maximum absolute atomic E-state index is 13.3. The van der Waals surface area contributed by atoms with Gasteiger partial charge in [0.25, 0.3) is 15.9 Å². The highest BCUT2D eigenvalue weighted by molar-refractivity contribution is 7.92. The van der Waals surface area contributed by atoms with Crippen LogP contribution in [0.4, 0.5) is 24.5 Å². The largest absolute Gasteiger partial charge is 0.444 e. The minimum Gasteiger partial charge on any atom is -0.444 e. The highest BCUT2D eigenvalue weighted by Gasteiger charge is 2.31. The number of esters is 1. The predicted molar refractivity (Wildman–Crippen MR) is 148 cm³/mol. The Kier molecular flexibility index (Phi) is 8.48. The van der Waals surface area contributed by atoms with E-state index in [4.69, 9.17) is 4.74 Å². The fraction of sp³-hybridized carbons (Fsp3) is 0.133. The van der Waals surface area contributed by atoms with Crippen LogP contribution in [0, 0.1) is 13.8 Å². The third kappa shape index (κ3) is 7.31. The van der Waals surface area contributed by atoms with Gasteiger partial charge < -0.3 is 10.1 Å². The van der Waals surface area contributed by atoms with Gasteiger partial charge in [0.1, 0.15) is 0 Å². The smallest absolute Gasteiger partial charge is 0.416 e. The monoisotopic (exact) mass is 582 g/mol. The van der Waals surface area contributed by atoms with Gasteiger partial charge in [-0.3, -0.25) is 9.52 Å². The number of carbonyl (C=O) groups excluding carboxylic acids is 2. The number of aryl methyl sites for hydroxylation is 2. The molecule has 0 fully saturated rings. The fourth-order valence-corrected chi connectivity index (χ4v) is 5.04. The van der Waals surface area contributed by atoms with Crippen molar-refractivity contribution >= 4 is 33.3 Å². The molecule has 0 spiro atoms. The zero-order valence-corrected chi connectivity index (χ0v) is 22.7. The van der Waals surface area contributed by atoms with E-state index in [9.17, 15) is 31.2 Å². The van der Waals surface area contributed by atoms with Gasteiger partial charge in [0.2, 0.25) is 6.10 Å². The van der Waals surface area contributed by atoms with E-state index in [1.54, 1.807) is 43.3 Å². The van der Waals surface area contributed by atoms with Crippen molar-refractivity contribution in [2.24, 2.45) is 0 Å². The summed E-state index contributed by atoms with van der Waals surface area (Å²) >= 11 is 0. The van der Waals surface area contributed by atoms with Gasteiger partial charge in [-0.15, -0.1) is 0 Å². The molecular formula is C30H25F3N2O5S. The van der Waals surface area contributed by atoms with Crippen LogP contribution >= 0.6 is 0 Å². The minimum absolute atomic E-state index is 0.107. The molecule has 0 unspecified atom stereocenters. The molecule has 0 aromatic heterocycles. The van der Waals surface area contributed by atoms with Gasteiger partial charge in [-0.2, -0.15) is 13.2 Å². The van der Waals surface area contributed by atoms with E-state index in [0.29, 0.717) is 11.3 Å². The second kappa shape index (κ2) is 11.8. The second-order valence-electron chi connectivity index (χ2n) is 9.22. The van der Waals surface area contributed by atoms with E-state index < -0.39 is 39.7 Å². The summed E-state index contributed by atoms with van der Waals surface area (Å²) in [4.78, 5) is 26.3. The van der Waals surface area contributed by atoms with Crippen LogP contribution in [-0.4, -0.2) is 20.3 Å². The zero-order valence-electron chi connectivity index (χ0n) is 21.9. The Morgan fingerprint density at radius 2 is 1.49 bits per heavy atom. The first kappa shape index (κ1) is 29.3. The molecule has 11 heteroatoms. The van der Waals surface area contributed by atoms with Gasteiger partial charge in [0, 0.05) is 16.9 Å². The first-order chi connectivity index (χ1) is 19.3. The van der Waals surface area contributed by atoms with Gasteiger partial charge in [-0.1, -0.05) is 54.6 Å². The number of benzene rings is 4. The lowest BCUT2D eigenvalue weighted by molar-refractivity contribution is -0.137. The van der Waals surface area contributed by atoms with Crippen LogP contribution < -0.4 is 10.0 Å². The molecule has 1 atom stereocenters. The predicted octanol–water partition coefficient (Wildman–Crippen LogP) is 6.66. The van der Waals surface area contributed by atoms with E-state index in [1.807, 2.05) is 13.0 Å². The molecule has 0 saturated carbocycles. The van der Waals surface area contributed by atoms with Crippen molar-refractivity contribution in [1.82, 2.24) is 0 Å². The summed E-state index contributed by atoms with van der Waals surface area (Å²) < 4.78 is 73.6. The Morgan fingerprint density at radius 3 is 2.17 bits per heavy atom. The normalized spacial score (nSPS) is 12.3. The van der Waals surface area contributed by atoms with Crippen LogP contribution in [0.3, 0.4) is 0 Å². The molecule has 4 rings (SSSR count). The Morgan fingerprint density at radius 1 is 0.805 bits per heavy atom. The Bertz CT molecular complexity index is 1690. The quantitative estimate of drug-likeness (QED) is 0.226. The number of carbonyl (C=O) groups is 2. The SMILES string of the molecule is Cc1cccc(NS(=O)(=O)c2ccc(C)c(C(=O)O[C@@H](C(=O)Nc3cccc(C(F)(F)F)c3)c3ccccc3)c2)c1. The first-order valence-corrected chi connectivity index (χ1v) is 13.8. The molecular weight excluding hydrogens is 557 g/mol. The molecule has 0 bridgehead atoms. The second-order valence-corrected chi connectivity index (χ2v) is 10.9. The highest BCUT2D eigenvalue weighted by atomic mass is 32.2. The molecule has 2 N–H and O–H groups in total. The molecule has 0 aliphatic heterocycles. The van der Waals surface area contributed by atoms with Crippen LogP contribution in [0.1, 0.15) is 38.7 Å². The number of alkyl halides is 3. The Labute approximate surface area is 235 Å². The maximum Gasteiger partial charge on any atom is 0.416 e. The van der Waals surface area contributed by atoms with Crippen LogP contribution in [0.5, 0.6) is 0 Å². The molecule has 212 valence electrons. The standard InChI is InChI=1S/C30H25F3N2O5S/c1-19-8-6-13-24(16-19)35-41(38,39)25-15-14-20(2)26(18-25)29(37)40-27(21-9-4-3-5-10-21)28(36)34-23-12-7-11-22(17-23)30(31,32)33/h3-18,27,35H,1-2H3,(H,34,36)/t27-/m1/s1. The summed E-state index contributed by atoms with van der Waals surface area (Å²) in [5.41, 5.74) is 0.607. The fourth-order valence-electron chi connectivity index (χ4n) is 3.96. The van der Waals surface area contributed by atoms with Crippen molar-refractivity contribution in [3.8, 4) is 0 Å². The summed E-state index contributed by atoms with van der Waals surface area (Å²) in [6.07, 6.45) is -6.17. The van der Waals surface area contributed by atoms with E-state index in [-0.39, 0.29) is 21.7 Å². The van der Waals surface area contributed by atoms with Crippen molar-refractivity contribution in [1.29, 1.82) is 0 Å². The Balaban J connectivity index is 1.61. The highest BCUT2D eigenvalue weighted by Crippen LogP contribution is 2.31. The number of hydrogen-bond donors (Lipinski definition) is 2. The third-order valence-corrected chi connectivity index (χ3v) is 7.41. The molecule has 41 heavy (non-hydrogen) atoms. The number of nitrogens with one attached hydrogen (secondary N) is 2. The summed E-state index contributed by atoms with van der Waals surface area (Å²) in [6, 6.07) is 22.6. The van der Waals surface area contributed by atoms with Gasteiger partial charge in [0.05, 0.1) is 16.0 Å². The average Bonchev–Trinajstić information content (AvgIpc) is 2.91. The number of amides is 1. The van der Waals surface area contributed by atoms with Gasteiger partial charge in [0.15, 0.2) is 0 Å². The summed E-state index contributed by atoms with van der Waals surface area (Å²) in [7, 11) is -4.09. The number of rotatable bonds is 8. The topological polar surface area (TPSA) is 102 Å². The molecule has 4 aromatic carbocycles. The molecule has 4 aromatic rings. The van der Waals surface area contributed by atoms with E-state index in [0.717, 1.165) is 29.8 Å². The van der Waals surface area contributed by atoms with E-state index in [2.05, 4.69) is 10.0 Å². The summed E-state index contributed by atoms with van der Waals surface area (Å²) in [5, 5.41) is 2.37. The van der Waals surface area contributed by atoms with Gasteiger partial charge >= 0.3 is 12.1 Å². The van der Waals surface area contributed by atoms with Crippen molar-refractivity contribution in [3.05, 3.63) is 125 Å². The third-order valence-electron chi connectivity index (χ3n) is 6.03. The van der Waals surface area contributed by atoms with Crippen molar-refractivity contribution < 1.29 is 35.9 Å². The molecule has 0 saturated heterocycles. The van der Waals surface area contributed by atoms with Crippen LogP contribution in [0.2, 0.25) is 0 Å². The number of hydrogen-bond acceptors (Lipinski definition) is 5. The molecule has 0 aliphatic carbocycles. The number of ether oxygens (including phenoxy) is 1. The van der Waals surface area contributed by atoms with Crippen molar-refractivity contribution in [2.75, 3.05) is 10.0 Å². The van der Waals surface area contributed by atoms with E-state index >= 15 is 0 Å². The molecule has 0 heterocycles. The lowest BCUT2D eigenvalue weighted by Crippen LogP contribution is -2.26. The van der Waals surface area contributed by atoms with Gasteiger partial charge in [-0.25, -0.2) is 13.2 Å². The van der Waals surface area contributed by atoms with E-state index in [1.165, 1.54) is 30.3 Å². The summed E-state index contributed by atoms with van der Waals surface area (Å²) in [5.74, 6) is -1.89. The molecule has 1 amide bonds. The van der Waals surface area contributed by atoms with Crippen molar-refractivity contribution in [2.45, 2.75) is 31.0 Å². The molecule has 7 nitrogen and oxygen atoms in total. The van der Waals surface area contributed by atoms with Crippen LogP contribution in [0.25, 0.3) is 0 Å². The summed E-state index contributed by atoms with van der Waals surface area (Å²) in [6.45, 7) is 3.38. The average molecular weight is 583 g/mol. The van der Waals surface area contributed by atoms with Crippen LogP contribution in [0.15, 0.2) is 102 Å². The van der Waals surface area contributed by atoms with Crippen LogP contribution in [-0.2, 0) is 25.7 Å². The number of sulfonamides is 1. The minimum atomic E-state index is -4.62. The maximum atomic E-state index is 13.3. The lowest BCUT2D eigenvalue weighted by Gasteiger charge is -2.19. The molecule has 0 radical (unpaired) electrons. The Hall–Kier alpha value is -4.64. The zero-order chi connectivity index (χ0) is 29.8. The van der Waals surface area contributed by atoms with Crippen molar-refractivity contribution in [3.63, 3.8) is 0 Å². The molecule has 0 aliphatic rings. The number of halogens is 3. The lowest BCUT2D eigenvalue weighted by atomic mass is 10.1.